The largest absolute Gasteiger partial charge is 0.324 e. The Morgan fingerprint density at radius 2 is 1.57 bits per heavy atom. The summed E-state index contributed by atoms with van der Waals surface area (Å²) < 4.78 is 5.48. The lowest BCUT2D eigenvalue weighted by Gasteiger charge is -2.33. The Labute approximate surface area is 168 Å². The first-order valence-electron chi connectivity index (χ1n) is 10.2. The molecule has 0 radical (unpaired) electrons. The van der Waals surface area contributed by atoms with Gasteiger partial charge in [-0.1, -0.05) is 79.2 Å². The molecule has 1 aliphatic rings. The van der Waals surface area contributed by atoms with Crippen molar-refractivity contribution in [2.75, 3.05) is 37.6 Å². The van der Waals surface area contributed by atoms with Crippen molar-refractivity contribution in [3.05, 3.63) is 65.7 Å². The third-order valence-corrected chi connectivity index (χ3v) is 4.93. The molecule has 28 heavy (non-hydrogen) atoms. The van der Waals surface area contributed by atoms with Crippen molar-refractivity contribution in [2.24, 2.45) is 0 Å². The first-order valence-corrected chi connectivity index (χ1v) is 10.2. The predicted molar refractivity (Wildman–Crippen MR) is 115 cm³/mol. The Hall–Kier alpha value is -2.66. The fourth-order valence-electron chi connectivity index (χ4n) is 3.25. The molecule has 0 atom stereocenters. The summed E-state index contributed by atoms with van der Waals surface area (Å²) in [6, 6.07) is 19.4. The molecular formula is C23H30N4O. The maximum Gasteiger partial charge on any atom is 0.324 e. The lowest BCUT2D eigenvalue weighted by atomic mass is 10.1. The van der Waals surface area contributed by atoms with E-state index < -0.39 is 0 Å². The molecule has 1 aromatic heterocycles. The number of hydrogen-bond acceptors (Lipinski definition) is 5. The lowest BCUT2D eigenvalue weighted by Crippen LogP contribution is -2.47. The minimum Gasteiger partial charge on any atom is -0.322 e. The maximum atomic E-state index is 5.48. The van der Waals surface area contributed by atoms with Gasteiger partial charge in [-0.3, -0.25) is 4.90 Å². The van der Waals surface area contributed by atoms with E-state index in [1.807, 2.05) is 44.2 Å². The number of piperazine rings is 1. The van der Waals surface area contributed by atoms with Crippen LogP contribution in [0.1, 0.15) is 25.0 Å². The molecule has 2 aromatic carbocycles. The lowest BCUT2D eigenvalue weighted by molar-refractivity contribution is 0.253. The molecule has 0 N–H and O–H groups in total. The van der Waals surface area contributed by atoms with Crippen LogP contribution in [0.4, 0.5) is 6.01 Å². The van der Waals surface area contributed by atoms with Crippen LogP contribution in [0.3, 0.4) is 0 Å². The number of hydrogen-bond donors (Lipinski definition) is 0. The van der Waals surface area contributed by atoms with Gasteiger partial charge in [0.15, 0.2) is 0 Å². The Bertz CT molecular complexity index is 821. The van der Waals surface area contributed by atoms with Gasteiger partial charge in [0.1, 0.15) is 0 Å². The summed E-state index contributed by atoms with van der Waals surface area (Å²) in [6.45, 7) is 11.1. The molecular weight excluding hydrogens is 348 g/mol. The quantitative estimate of drug-likeness (QED) is 0.657. The van der Waals surface area contributed by atoms with Gasteiger partial charge in [0.25, 0.3) is 0 Å². The average molecular weight is 379 g/mol. The highest BCUT2D eigenvalue weighted by atomic mass is 16.5. The molecule has 4 rings (SSSR count). The summed E-state index contributed by atoms with van der Waals surface area (Å²) in [4.78, 5) is 9.25. The number of rotatable bonds is 5. The predicted octanol–water partition coefficient (Wildman–Crippen LogP) is 4.44. The van der Waals surface area contributed by atoms with E-state index in [0.29, 0.717) is 11.8 Å². The first-order chi connectivity index (χ1) is 13.8. The highest BCUT2D eigenvalue weighted by molar-refractivity contribution is 5.55. The SMILES string of the molecule is CC.Cc1ccc(CCN2CCN(c3nc(-c4ccccc4)no3)CC2)cc1. The summed E-state index contributed by atoms with van der Waals surface area (Å²) in [6.07, 6.45) is 1.10. The molecule has 2 heterocycles. The van der Waals surface area contributed by atoms with Crippen molar-refractivity contribution in [1.82, 2.24) is 15.0 Å². The molecule has 0 amide bonds. The van der Waals surface area contributed by atoms with Gasteiger partial charge < -0.3 is 9.42 Å². The number of aromatic nitrogens is 2. The summed E-state index contributed by atoms with van der Waals surface area (Å²) in [5.41, 5.74) is 3.71. The van der Waals surface area contributed by atoms with Crippen molar-refractivity contribution in [1.29, 1.82) is 0 Å². The third kappa shape index (κ3) is 5.20. The molecule has 0 aliphatic carbocycles. The van der Waals surface area contributed by atoms with Gasteiger partial charge in [0, 0.05) is 38.3 Å². The molecule has 0 unspecified atom stereocenters. The van der Waals surface area contributed by atoms with Gasteiger partial charge in [-0.15, -0.1) is 0 Å². The van der Waals surface area contributed by atoms with Crippen molar-refractivity contribution in [3.63, 3.8) is 0 Å². The summed E-state index contributed by atoms with van der Waals surface area (Å²) in [5, 5.41) is 4.12. The van der Waals surface area contributed by atoms with Gasteiger partial charge in [-0.2, -0.15) is 4.98 Å². The van der Waals surface area contributed by atoms with Crippen LogP contribution in [0.2, 0.25) is 0 Å². The standard InChI is InChI=1S/C21H24N4O.C2H6/c1-17-7-9-18(10-8-17)11-12-24-13-15-25(16-14-24)21-22-20(23-26-21)19-5-3-2-4-6-19;1-2/h2-10H,11-16H2,1H3;1-2H3. The van der Waals surface area contributed by atoms with Gasteiger partial charge in [-0.25, -0.2) is 0 Å². The topological polar surface area (TPSA) is 45.4 Å². The third-order valence-electron chi connectivity index (χ3n) is 4.93. The second-order valence-corrected chi connectivity index (χ2v) is 6.83. The van der Waals surface area contributed by atoms with Crippen molar-refractivity contribution >= 4 is 6.01 Å². The molecule has 3 aromatic rings. The summed E-state index contributed by atoms with van der Waals surface area (Å²) >= 11 is 0. The highest BCUT2D eigenvalue weighted by Gasteiger charge is 2.21. The second-order valence-electron chi connectivity index (χ2n) is 6.83. The summed E-state index contributed by atoms with van der Waals surface area (Å²) in [7, 11) is 0. The minimum absolute atomic E-state index is 0.627. The normalized spacial score (nSPS) is 14.5. The van der Waals surface area contributed by atoms with Crippen LogP contribution < -0.4 is 4.90 Å². The Kier molecular flexibility index (Phi) is 7.20. The van der Waals surface area contributed by atoms with E-state index in [2.05, 4.69) is 51.1 Å². The molecule has 5 nitrogen and oxygen atoms in total. The van der Waals surface area contributed by atoms with Crippen molar-refractivity contribution < 1.29 is 4.52 Å². The van der Waals surface area contributed by atoms with E-state index in [0.717, 1.165) is 44.7 Å². The molecule has 1 saturated heterocycles. The molecule has 148 valence electrons. The molecule has 0 bridgehead atoms. The first kappa shape index (κ1) is 20.1. The van der Waals surface area contributed by atoms with E-state index in [1.165, 1.54) is 11.1 Å². The minimum atomic E-state index is 0.627. The average Bonchev–Trinajstić information content (AvgIpc) is 3.26. The Balaban J connectivity index is 0.00000109. The number of aryl methyl sites for hydroxylation is 1. The van der Waals surface area contributed by atoms with Crippen LogP contribution in [0.25, 0.3) is 11.4 Å². The Morgan fingerprint density at radius 3 is 2.25 bits per heavy atom. The van der Waals surface area contributed by atoms with Crippen molar-refractivity contribution in [2.45, 2.75) is 27.2 Å². The molecule has 1 aliphatic heterocycles. The van der Waals surface area contributed by atoms with E-state index in [9.17, 15) is 0 Å². The molecule has 0 saturated carbocycles. The molecule has 5 heteroatoms. The van der Waals surface area contributed by atoms with Crippen LogP contribution in [0.15, 0.2) is 59.1 Å². The van der Waals surface area contributed by atoms with E-state index in [1.54, 1.807) is 0 Å². The number of nitrogens with zero attached hydrogens (tertiary/aromatic N) is 4. The highest BCUT2D eigenvalue weighted by Crippen LogP contribution is 2.20. The fraction of sp³-hybridized carbons (Fsp3) is 0.391. The maximum absolute atomic E-state index is 5.48. The zero-order chi connectivity index (χ0) is 19.8. The van der Waals surface area contributed by atoms with Gasteiger partial charge in [0.05, 0.1) is 0 Å². The van der Waals surface area contributed by atoms with Gasteiger partial charge in [-0.05, 0) is 18.9 Å². The number of anilines is 1. The van der Waals surface area contributed by atoms with Gasteiger partial charge in [0.2, 0.25) is 5.82 Å². The number of benzene rings is 2. The monoisotopic (exact) mass is 378 g/mol. The molecule has 0 spiro atoms. The Morgan fingerprint density at radius 1 is 0.893 bits per heavy atom. The van der Waals surface area contributed by atoms with Crippen LogP contribution in [0.5, 0.6) is 0 Å². The van der Waals surface area contributed by atoms with E-state index >= 15 is 0 Å². The second kappa shape index (κ2) is 10.0. The molecule has 1 fully saturated rings. The van der Waals surface area contributed by atoms with Crippen LogP contribution in [-0.4, -0.2) is 47.8 Å². The summed E-state index contributed by atoms with van der Waals surface area (Å²) in [5.74, 6) is 0.655. The van der Waals surface area contributed by atoms with Crippen LogP contribution >= 0.6 is 0 Å². The van der Waals surface area contributed by atoms with Crippen molar-refractivity contribution in [3.8, 4) is 11.4 Å². The van der Waals surface area contributed by atoms with Crippen LogP contribution in [0, 0.1) is 6.92 Å². The van der Waals surface area contributed by atoms with E-state index in [4.69, 9.17) is 4.52 Å². The fourth-order valence-corrected chi connectivity index (χ4v) is 3.25. The van der Waals surface area contributed by atoms with Gasteiger partial charge >= 0.3 is 6.01 Å². The van der Waals surface area contributed by atoms with E-state index in [-0.39, 0.29) is 0 Å². The zero-order valence-electron chi connectivity index (χ0n) is 17.1. The smallest absolute Gasteiger partial charge is 0.322 e. The van der Waals surface area contributed by atoms with Crippen LogP contribution in [-0.2, 0) is 6.42 Å². The zero-order valence-corrected chi connectivity index (χ0v) is 17.1.